The van der Waals surface area contributed by atoms with Crippen molar-refractivity contribution >= 4 is 11.8 Å². The fourth-order valence-electron chi connectivity index (χ4n) is 2.02. The van der Waals surface area contributed by atoms with Crippen molar-refractivity contribution < 1.29 is 14.6 Å². The topological polar surface area (TPSA) is 49.8 Å². The Morgan fingerprint density at radius 2 is 2.35 bits per heavy atom. The highest BCUT2D eigenvalue weighted by molar-refractivity contribution is 5.88. The molecule has 1 aliphatic heterocycles. The van der Waals surface area contributed by atoms with Gasteiger partial charge in [0.05, 0.1) is 6.61 Å². The number of anilines is 1. The molecule has 1 heterocycles. The van der Waals surface area contributed by atoms with Crippen LogP contribution in [0.3, 0.4) is 0 Å². The first kappa shape index (κ1) is 11.9. The summed E-state index contributed by atoms with van der Waals surface area (Å²) in [5.74, 6) is 0.207. The van der Waals surface area contributed by atoms with E-state index >= 15 is 0 Å². The van der Waals surface area contributed by atoms with Crippen molar-refractivity contribution in [2.24, 2.45) is 5.92 Å². The standard InChI is InChI=1S/C13H17NO3/c1-10-3-2-4-12(7-10)14-8-11(5-6-15)9-17-13(14)16/h2-4,7,11,15H,5-6,8-9H2,1H3. The van der Waals surface area contributed by atoms with Crippen LogP contribution in [0.1, 0.15) is 12.0 Å². The van der Waals surface area contributed by atoms with Crippen LogP contribution in [0, 0.1) is 12.8 Å². The van der Waals surface area contributed by atoms with Crippen molar-refractivity contribution in [3.63, 3.8) is 0 Å². The molecule has 1 unspecified atom stereocenters. The maximum absolute atomic E-state index is 11.7. The zero-order chi connectivity index (χ0) is 12.3. The molecular weight excluding hydrogens is 218 g/mol. The largest absolute Gasteiger partial charge is 0.449 e. The summed E-state index contributed by atoms with van der Waals surface area (Å²) in [6.07, 6.45) is 0.361. The number of aliphatic hydroxyl groups is 1. The lowest BCUT2D eigenvalue weighted by molar-refractivity contribution is 0.104. The van der Waals surface area contributed by atoms with Gasteiger partial charge in [-0.25, -0.2) is 4.79 Å². The van der Waals surface area contributed by atoms with E-state index in [-0.39, 0.29) is 18.6 Å². The third-order valence-electron chi connectivity index (χ3n) is 2.95. The van der Waals surface area contributed by atoms with Crippen LogP contribution in [-0.4, -0.2) is 31.0 Å². The highest BCUT2D eigenvalue weighted by Crippen LogP contribution is 2.23. The summed E-state index contributed by atoms with van der Waals surface area (Å²) in [5, 5.41) is 8.93. The molecule has 17 heavy (non-hydrogen) atoms. The Balaban J connectivity index is 2.15. The van der Waals surface area contributed by atoms with Gasteiger partial charge in [0.25, 0.3) is 0 Å². The lowest BCUT2D eigenvalue weighted by Gasteiger charge is -2.32. The van der Waals surface area contributed by atoms with Crippen molar-refractivity contribution in [2.45, 2.75) is 13.3 Å². The summed E-state index contributed by atoms with van der Waals surface area (Å²) in [6.45, 7) is 3.14. The van der Waals surface area contributed by atoms with Gasteiger partial charge in [-0.1, -0.05) is 12.1 Å². The first-order valence-corrected chi connectivity index (χ1v) is 5.82. The Morgan fingerprint density at radius 3 is 3.06 bits per heavy atom. The summed E-state index contributed by atoms with van der Waals surface area (Å²) in [5.41, 5.74) is 1.97. The Morgan fingerprint density at radius 1 is 1.53 bits per heavy atom. The maximum atomic E-state index is 11.7. The van der Waals surface area contributed by atoms with Gasteiger partial charge in [-0.2, -0.15) is 0 Å². The van der Waals surface area contributed by atoms with E-state index in [1.54, 1.807) is 4.90 Å². The van der Waals surface area contributed by atoms with E-state index in [1.165, 1.54) is 0 Å². The Hall–Kier alpha value is -1.55. The molecule has 1 atom stereocenters. The number of cyclic esters (lactones) is 1. The number of carbonyl (C=O) groups excluding carboxylic acids is 1. The molecule has 0 radical (unpaired) electrons. The van der Waals surface area contributed by atoms with E-state index in [1.807, 2.05) is 31.2 Å². The minimum atomic E-state index is -0.301. The van der Waals surface area contributed by atoms with Crippen LogP contribution >= 0.6 is 0 Å². The number of carbonyl (C=O) groups is 1. The summed E-state index contributed by atoms with van der Waals surface area (Å²) in [7, 11) is 0. The molecule has 1 N–H and O–H groups in total. The van der Waals surface area contributed by atoms with Gasteiger partial charge in [0.2, 0.25) is 0 Å². The van der Waals surface area contributed by atoms with E-state index in [0.29, 0.717) is 19.6 Å². The lowest BCUT2D eigenvalue weighted by atomic mass is 10.0. The average molecular weight is 235 g/mol. The first-order valence-electron chi connectivity index (χ1n) is 5.82. The Labute approximate surface area is 101 Å². The molecule has 1 fully saturated rings. The lowest BCUT2D eigenvalue weighted by Crippen LogP contribution is -2.43. The number of rotatable bonds is 3. The van der Waals surface area contributed by atoms with Crippen LogP contribution < -0.4 is 4.90 Å². The number of aliphatic hydroxyl groups excluding tert-OH is 1. The first-order chi connectivity index (χ1) is 8.20. The van der Waals surface area contributed by atoms with E-state index in [0.717, 1.165) is 11.3 Å². The summed E-state index contributed by atoms with van der Waals surface area (Å²) < 4.78 is 5.13. The molecule has 1 aliphatic rings. The SMILES string of the molecule is Cc1cccc(N2CC(CCO)COC2=O)c1. The number of amides is 1. The Kier molecular flexibility index (Phi) is 3.64. The van der Waals surface area contributed by atoms with Crippen LogP contribution in [0.2, 0.25) is 0 Å². The Bertz CT molecular complexity index is 405. The molecule has 0 spiro atoms. The average Bonchev–Trinajstić information content (AvgIpc) is 2.32. The summed E-state index contributed by atoms with van der Waals surface area (Å²) in [4.78, 5) is 13.3. The smallest absolute Gasteiger partial charge is 0.414 e. The molecule has 0 aromatic heterocycles. The van der Waals surface area contributed by atoms with Crippen LogP contribution in [-0.2, 0) is 4.74 Å². The maximum Gasteiger partial charge on any atom is 0.414 e. The second kappa shape index (κ2) is 5.19. The van der Waals surface area contributed by atoms with Gasteiger partial charge in [0.15, 0.2) is 0 Å². The molecule has 0 bridgehead atoms. The minimum absolute atomic E-state index is 0.129. The van der Waals surface area contributed by atoms with Gasteiger partial charge in [-0.15, -0.1) is 0 Å². The molecule has 92 valence electrons. The molecule has 1 saturated heterocycles. The fourth-order valence-corrected chi connectivity index (χ4v) is 2.02. The molecule has 1 amide bonds. The van der Waals surface area contributed by atoms with Crippen LogP contribution in [0.25, 0.3) is 0 Å². The highest BCUT2D eigenvalue weighted by atomic mass is 16.6. The zero-order valence-electron chi connectivity index (χ0n) is 9.93. The van der Waals surface area contributed by atoms with Crippen molar-refractivity contribution in [3.05, 3.63) is 29.8 Å². The van der Waals surface area contributed by atoms with Crippen molar-refractivity contribution in [1.29, 1.82) is 0 Å². The molecule has 2 rings (SSSR count). The predicted octanol–water partition coefficient (Wildman–Crippen LogP) is 1.95. The molecule has 1 aromatic carbocycles. The fraction of sp³-hybridized carbons (Fsp3) is 0.462. The number of benzene rings is 1. The molecule has 4 nitrogen and oxygen atoms in total. The van der Waals surface area contributed by atoms with E-state index in [4.69, 9.17) is 9.84 Å². The second-order valence-corrected chi connectivity index (χ2v) is 4.40. The zero-order valence-corrected chi connectivity index (χ0v) is 9.93. The van der Waals surface area contributed by atoms with Crippen LogP contribution in [0.4, 0.5) is 10.5 Å². The van der Waals surface area contributed by atoms with Crippen molar-refractivity contribution in [3.8, 4) is 0 Å². The van der Waals surface area contributed by atoms with E-state index < -0.39 is 0 Å². The number of hydrogen-bond acceptors (Lipinski definition) is 3. The van der Waals surface area contributed by atoms with Gasteiger partial charge in [-0.05, 0) is 31.0 Å². The van der Waals surface area contributed by atoms with Crippen LogP contribution in [0.15, 0.2) is 24.3 Å². The van der Waals surface area contributed by atoms with Crippen molar-refractivity contribution in [1.82, 2.24) is 0 Å². The third-order valence-corrected chi connectivity index (χ3v) is 2.95. The second-order valence-electron chi connectivity index (χ2n) is 4.40. The van der Waals surface area contributed by atoms with Gasteiger partial charge in [0, 0.05) is 24.8 Å². The minimum Gasteiger partial charge on any atom is -0.449 e. The van der Waals surface area contributed by atoms with Gasteiger partial charge >= 0.3 is 6.09 Å². The van der Waals surface area contributed by atoms with Gasteiger partial charge in [0.1, 0.15) is 0 Å². The summed E-state index contributed by atoms with van der Waals surface area (Å²) in [6, 6.07) is 7.77. The third kappa shape index (κ3) is 2.77. The summed E-state index contributed by atoms with van der Waals surface area (Å²) >= 11 is 0. The van der Waals surface area contributed by atoms with E-state index in [2.05, 4.69) is 0 Å². The van der Waals surface area contributed by atoms with Gasteiger partial charge in [-0.3, -0.25) is 4.90 Å². The normalized spacial score (nSPS) is 20.2. The van der Waals surface area contributed by atoms with Crippen molar-refractivity contribution in [2.75, 3.05) is 24.7 Å². The molecular formula is C13H17NO3. The van der Waals surface area contributed by atoms with Gasteiger partial charge < -0.3 is 9.84 Å². The highest BCUT2D eigenvalue weighted by Gasteiger charge is 2.27. The van der Waals surface area contributed by atoms with E-state index in [9.17, 15) is 4.79 Å². The predicted molar refractivity (Wildman–Crippen MR) is 65.1 cm³/mol. The molecule has 4 heteroatoms. The molecule has 0 aliphatic carbocycles. The monoisotopic (exact) mass is 235 g/mol. The number of nitrogens with zero attached hydrogens (tertiary/aromatic N) is 1. The molecule has 0 saturated carbocycles. The molecule has 1 aromatic rings. The number of aryl methyl sites for hydroxylation is 1. The van der Waals surface area contributed by atoms with Crippen LogP contribution in [0.5, 0.6) is 0 Å². The number of ether oxygens (including phenoxy) is 1. The quantitative estimate of drug-likeness (QED) is 0.871. The number of hydrogen-bond donors (Lipinski definition) is 1.